The Hall–Kier alpha value is -3.19. The Morgan fingerprint density at radius 2 is 0.844 bits per heavy atom. The molecule has 252 valence electrons. The molecule has 0 aliphatic heterocycles. The number of aliphatic carboxylic acids is 2. The molecule has 7 heteroatoms. The van der Waals surface area contributed by atoms with Gasteiger partial charge in [-0.05, 0) is 108 Å². The lowest BCUT2D eigenvalue weighted by molar-refractivity contribution is -0.138. The van der Waals surface area contributed by atoms with Crippen molar-refractivity contribution >= 4 is 23.7 Å². The monoisotopic (exact) mass is 642 g/mol. The number of carboxylic acids is 2. The number of carbonyl (C=O) groups is 2. The van der Waals surface area contributed by atoms with Gasteiger partial charge in [-0.1, -0.05) is 90.8 Å². The molecule has 0 unspecified atom stereocenters. The minimum absolute atomic E-state index is 0.144. The van der Waals surface area contributed by atoms with Crippen LogP contribution in [-0.4, -0.2) is 32.4 Å². The third-order valence-electron chi connectivity index (χ3n) is 7.30. The van der Waals surface area contributed by atoms with Crippen molar-refractivity contribution in [2.45, 2.75) is 130 Å². The molecule has 0 radical (unpaired) electrons. The summed E-state index contributed by atoms with van der Waals surface area (Å²) in [6, 6.07) is 7.90. The molecule has 0 fully saturated rings. The van der Waals surface area contributed by atoms with Crippen LogP contribution >= 0.6 is 11.8 Å². The molecule has 0 bridgehead atoms. The lowest BCUT2D eigenvalue weighted by Gasteiger charge is -2.13. The van der Waals surface area contributed by atoms with Crippen LogP contribution in [0.2, 0.25) is 0 Å². The Balaban J connectivity index is 0.000000748. The number of unbranched alkanes of at least 4 members (excludes halogenated alkanes) is 4. The molecule has 0 aromatic heterocycles. The fourth-order valence-corrected chi connectivity index (χ4v) is 4.89. The number of hydrogen-bond donors (Lipinski definition) is 4. The van der Waals surface area contributed by atoms with Crippen molar-refractivity contribution in [2.75, 3.05) is 0 Å². The molecule has 45 heavy (non-hydrogen) atoms. The molecule has 2 aromatic carbocycles. The maximum absolute atomic E-state index is 10.7. The molecule has 0 aliphatic carbocycles. The van der Waals surface area contributed by atoms with Gasteiger partial charge in [0, 0.05) is 12.8 Å². The molecule has 0 aliphatic rings. The summed E-state index contributed by atoms with van der Waals surface area (Å²) in [6.45, 7) is 15.4. The second kappa shape index (κ2) is 26.1. The van der Waals surface area contributed by atoms with Crippen LogP contribution in [0.15, 0.2) is 48.2 Å². The lowest BCUT2D eigenvalue weighted by atomic mass is 9.95. The number of aromatic hydroxyl groups is 2. The summed E-state index contributed by atoms with van der Waals surface area (Å²) >= 11 is 1.49. The van der Waals surface area contributed by atoms with E-state index in [0.29, 0.717) is 24.3 Å². The van der Waals surface area contributed by atoms with Gasteiger partial charge in [0.2, 0.25) is 0 Å². The summed E-state index contributed by atoms with van der Waals surface area (Å²) in [5, 5.41) is 41.7. The van der Waals surface area contributed by atoms with E-state index in [1.165, 1.54) is 11.8 Å². The molecule has 2 rings (SSSR count). The minimum atomic E-state index is -0.775. The first-order valence-corrected chi connectivity index (χ1v) is 17.5. The largest absolute Gasteiger partial charge is 0.507 e. The highest BCUT2D eigenvalue weighted by atomic mass is 32.2. The van der Waals surface area contributed by atoms with Crippen molar-refractivity contribution < 1.29 is 30.0 Å². The number of hydrogen-bond acceptors (Lipinski definition) is 5. The van der Waals surface area contributed by atoms with Crippen LogP contribution in [0.25, 0.3) is 0 Å². The molecule has 0 amide bonds. The fourth-order valence-electron chi connectivity index (χ4n) is 4.75. The molecule has 0 saturated heterocycles. The zero-order chi connectivity index (χ0) is 34.0. The maximum atomic E-state index is 10.7. The predicted octanol–water partition coefficient (Wildman–Crippen LogP) is 10.2. The summed E-state index contributed by atoms with van der Waals surface area (Å²) < 4.78 is 0. The van der Waals surface area contributed by atoms with E-state index >= 15 is 0 Å². The van der Waals surface area contributed by atoms with Gasteiger partial charge >= 0.3 is 11.9 Å². The van der Waals surface area contributed by atoms with Crippen LogP contribution in [0.5, 0.6) is 11.5 Å². The van der Waals surface area contributed by atoms with E-state index in [0.717, 1.165) is 110 Å². The van der Waals surface area contributed by atoms with Crippen LogP contribution in [0, 0.1) is 0 Å². The van der Waals surface area contributed by atoms with Gasteiger partial charge in [-0.25, -0.2) is 0 Å². The Morgan fingerprint density at radius 3 is 1.02 bits per heavy atom. The fraction of sp³-hybridized carbons (Fsp3) is 0.526. The lowest BCUT2D eigenvalue weighted by Crippen LogP contribution is -2.00. The number of aryl methyl sites for hydroxylation is 6. The van der Waals surface area contributed by atoms with Gasteiger partial charge in [0.05, 0.1) is 0 Å². The van der Waals surface area contributed by atoms with E-state index < -0.39 is 11.9 Å². The normalized spacial score (nSPS) is 10.2. The SMILES string of the molecule is C=CSC=C.CCCCc1cc(CCC(=O)O)cc(CCCC)c1O.CCCCc1cc(CCC(=O)O)cc(CCCC)c1O. The summed E-state index contributed by atoms with van der Waals surface area (Å²) in [6.07, 6.45) is 13.3. The molecule has 6 nitrogen and oxygen atoms in total. The maximum Gasteiger partial charge on any atom is 0.303 e. The minimum Gasteiger partial charge on any atom is -0.507 e. The Kier molecular flexibility index (Phi) is 24.2. The Morgan fingerprint density at radius 1 is 0.578 bits per heavy atom. The molecular formula is C38H58O6S. The van der Waals surface area contributed by atoms with Crippen molar-refractivity contribution in [3.8, 4) is 11.5 Å². The first kappa shape index (κ1) is 41.8. The Bertz CT molecular complexity index is 1010. The van der Waals surface area contributed by atoms with Crippen LogP contribution in [-0.2, 0) is 48.1 Å². The highest BCUT2D eigenvalue weighted by Crippen LogP contribution is 2.29. The van der Waals surface area contributed by atoms with Crippen LogP contribution in [0.3, 0.4) is 0 Å². The molecule has 4 N–H and O–H groups in total. The van der Waals surface area contributed by atoms with Crippen molar-refractivity contribution in [3.05, 3.63) is 81.6 Å². The number of carboxylic acid groups (broad SMARTS) is 2. The molecule has 0 spiro atoms. The van der Waals surface area contributed by atoms with Gasteiger partial charge in [0.15, 0.2) is 0 Å². The third kappa shape index (κ3) is 19.0. The zero-order valence-corrected chi connectivity index (χ0v) is 29.0. The van der Waals surface area contributed by atoms with Gasteiger partial charge in [0.25, 0.3) is 0 Å². The number of phenolic OH excluding ortho intramolecular Hbond substituents is 2. The molecule has 0 saturated carbocycles. The molecule has 0 heterocycles. The van der Waals surface area contributed by atoms with E-state index in [1.807, 2.05) is 24.3 Å². The molecule has 2 aromatic rings. The van der Waals surface area contributed by atoms with Crippen molar-refractivity contribution in [2.24, 2.45) is 0 Å². The highest BCUT2D eigenvalue weighted by Gasteiger charge is 2.12. The number of rotatable bonds is 20. The van der Waals surface area contributed by atoms with E-state index in [2.05, 4.69) is 40.9 Å². The van der Waals surface area contributed by atoms with E-state index in [-0.39, 0.29) is 12.8 Å². The smallest absolute Gasteiger partial charge is 0.303 e. The van der Waals surface area contributed by atoms with Crippen molar-refractivity contribution in [1.82, 2.24) is 0 Å². The number of thioether (sulfide) groups is 1. The van der Waals surface area contributed by atoms with Gasteiger partial charge in [-0.3, -0.25) is 9.59 Å². The first-order chi connectivity index (χ1) is 21.6. The average molecular weight is 643 g/mol. The number of benzene rings is 2. The predicted molar refractivity (Wildman–Crippen MR) is 191 cm³/mol. The molecular weight excluding hydrogens is 584 g/mol. The van der Waals surface area contributed by atoms with E-state index in [1.54, 1.807) is 10.8 Å². The van der Waals surface area contributed by atoms with Gasteiger partial charge in [-0.15, -0.1) is 11.8 Å². The molecule has 0 atom stereocenters. The van der Waals surface area contributed by atoms with Crippen LogP contribution < -0.4 is 0 Å². The van der Waals surface area contributed by atoms with Crippen molar-refractivity contribution in [3.63, 3.8) is 0 Å². The Labute approximate surface area is 276 Å². The quantitative estimate of drug-likeness (QED) is 0.114. The van der Waals surface area contributed by atoms with Crippen LogP contribution in [0.1, 0.15) is 125 Å². The number of phenols is 2. The first-order valence-electron chi connectivity index (χ1n) is 16.6. The summed E-state index contributed by atoms with van der Waals surface area (Å²) in [5.74, 6) is -0.705. The average Bonchev–Trinajstić information content (AvgIpc) is 3.02. The summed E-state index contributed by atoms with van der Waals surface area (Å²) in [5.41, 5.74) is 5.95. The third-order valence-corrected chi connectivity index (χ3v) is 7.69. The summed E-state index contributed by atoms with van der Waals surface area (Å²) in [7, 11) is 0. The standard InChI is InChI=1S/2C17H26O3.C4H6S/c2*1-3-5-7-14-11-13(9-10-16(18)19)12-15(17(14)20)8-6-4-2;1-3-5-4-2/h2*11-12,20H,3-10H2,1-2H3,(H,18,19);3-4H,1-2H2. The second-order valence-electron chi connectivity index (χ2n) is 11.2. The zero-order valence-electron chi connectivity index (χ0n) is 28.2. The van der Waals surface area contributed by atoms with Crippen molar-refractivity contribution in [1.29, 1.82) is 0 Å². The van der Waals surface area contributed by atoms with Crippen LogP contribution in [0.4, 0.5) is 0 Å². The van der Waals surface area contributed by atoms with Gasteiger partial charge in [-0.2, -0.15) is 0 Å². The second-order valence-corrected chi connectivity index (χ2v) is 12.1. The van der Waals surface area contributed by atoms with E-state index in [9.17, 15) is 19.8 Å². The highest BCUT2D eigenvalue weighted by molar-refractivity contribution is 8.04. The summed E-state index contributed by atoms with van der Waals surface area (Å²) in [4.78, 5) is 21.4. The van der Waals surface area contributed by atoms with E-state index in [4.69, 9.17) is 10.2 Å². The van der Waals surface area contributed by atoms with Gasteiger partial charge < -0.3 is 20.4 Å². The topological polar surface area (TPSA) is 115 Å². The van der Waals surface area contributed by atoms with Gasteiger partial charge in [0.1, 0.15) is 11.5 Å².